The quantitative estimate of drug-likeness (QED) is 0.909. The van der Waals surface area contributed by atoms with Crippen molar-refractivity contribution in [1.29, 1.82) is 0 Å². The van der Waals surface area contributed by atoms with Crippen molar-refractivity contribution in [1.82, 2.24) is 15.2 Å². The molecule has 1 aliphatic rings. The molecule has 0 bridgehead atoms. The smallest absolute Gasteiger partial charge is 0.113 e. The van der Waals surface area contributed by atoms with Crippen molar-refractivity contribution in [3.05, 3.63) is 16.1 Å². The predicted octanol–water partition coefficient (Wildman–Crippen LogP) is 2.76. The third-order valence-electron chi connectivity index (χ3n) is 3.98. The van der Waals surface area contributed by atoms with E-state index in [2.05, 4.69) is 36.5 Å². The van der Waals surface area contributed by atoms with E-state index in [-0.39, 0.29) is 5.54 Å². The zero-order chi connectivity index (χ0) is 13.0. The van der Waals surface area contributed by atoms with Crippen molar-refractivity contribution in [2.45, 2.75) is 45.1 Å². The van der Waals surface area contributed by atoms with Crippen LogP contribution in [0, 0.1) is 6.92 Å². The van der Waals surface area contributed by atoms with E-state index < -0.39 is 0 Å². The van der Waals surface area contributed by atoms with Crippen molar-refractivity contribution in [2.24, 2.45) is 0 Å². The topological polar surface area (TPSA) is 28.2 Å². The van der Waals surface area contributed by atoms with E-state index in [0.29, 0.717) is 0 Å². The molecule has 2 rings (SSSR count). The zero-order valence-electron chi connectivity index (χ0n) is 11.8. The lowest BCUT2D eigenvalue weighted by Crippen LogP contribution is -2.41. The van der Waals surface area contributed by atoms with Crippen LogP contribution in [0.1, 0.15) is 43.3 Å². The van der Waals surface area contributed by atoms with Gasteiger partial charge >= 0.3 is 0 Å². The lowest BCUT2D eigenvalue weighted by atomic mass is 9.91. The minimum Gasteiger partial charge on any atom is -0.308 e. The van der Waals surface area contributed by atoms with Gasteiger partial charge in [0.05, 0.1) is 5.54 Å². The van der Waals surface area contributed by atoms with Crippen LogP contribution in [0.2, 0.25) is 0 Å². The second-order valence-electron chi connectivity index (χ2n) is 5.32. The van der Waals surface area contributed by atoms with Crippen LogP contribution in [0.3, 0.4) is 0 Å². The number of hydrogen-bond donors (Lipinski definition) is 1. The molecule has 1 saturated heterocycles. The maximum Gasteiger partial charge on any atom is 0.113 e. The van der Waals surface area contributed by atoms with Gasteiger partial charge in [0.1, 0.15) is 5.01 Å². The Morgan fingerprint density at radius 2 is 2.28 bits per heavy atom. The van der Waals surface area contributed by atoms with Gasteiger partial charge in [0, 0.05) is 17.6 Å². The summed E-state index contributed by atoms with van der Waals surface area (Å²) in [5.41, 5.74) is 1.26. The number of nitrogens with one attached hydrogen (secondary N) is 1. The third-order valence-corrected chi connectivity index (χ3v) is 5.14. The average molecular weight is 267 g/mol. The standard InChI is InChI=1S/C14H25N3S/c1-4-8-17-9-5-6-14(15-3,7-10-17)13-16-12(2)11-18-13/h11,15H,4-10H2,1-3H3. The molecule has 1 aromatic heterocycles. The van der Waals surface area contributed by atoms with Crippen LogP contribution in [0.25, 0.3) is 0 Å². The highest BCUT2D eigenvalue weighted by molar-refractivity contribution is 7.09. The molecular formula is C14H25N3S. The first-order valence-corrected chi connectivity index (χ1v) is 7.92. The highest BCUT2D eigenvalue weighted by atomic mass is 32.1. The summed E-state index contributed by atoms with van der Waals surface area (Å²) in [5.74, 6) is 0. The molecule has 102 valence electrons. The van der Waals surface area contributed by atoms with Crippen LogP contribution in [-0.4, -0.2) is 36.6 Å². The van der Waals surface area contributed by atoms with Crippen LogP contribution in [0.4, 0.5) is 0 Å². The van der Waals surface area contributed by atoms with Gasteiger partial charge in [-0.3, -0.25) is 0 Å². The van der Waals surface area contributed by atoms with Gasteiger partial charge in [0.2, 0.25) is 0 Å². The molecule has 0 aromatic carbocycles. The molecule has 2 heterocycles. The summed E-state index contributed by atoms with van der Waals surface area (Å²) in [5, 5.41) is 7.02. The summed E-state index contributed by atoms with van der Waals surface area (Å²) in [7, 11) is 2.09. The van der Waals surface area contributed by atoms with Crippen molar-refractivity contribution in [3.63, 3.8) is 0 Å². The number of thiazole rings is 1. The number of rotatable bonds is 4. The molecule has 4 heteroatoms. The number of aromatic nitrogens is 1. The first kappa shape index (κ1) is 14.0. The molecule has 1 unspecified atom stereocenters. The van der Waals surface area contributed by atoms with Crippen LogP contribution in [-0.2, 0) is 5.54 Å². The van der Waals surface area contributed by atoms with E-state index in [1.807, 2.05) is 11.3 Å². The van der Waals surface area contributed by atoms with Crippen molar-refractivity contribution in [3.8, 4) is 0 Å². The number of nitrogens with zero attached hydrogens (tertiary/aromatic N) is 2. The van der Waals surface area contributed by atoms with E-state index in [1.54, 1.807) is 0 Å². The van der Waals surface area contributed by atoms with E-state index in [4.69, 9.17) is 4.98 Å². The average Bonchev–Trinajstić information content (AvgIpc) is 2.70. The summed E-state index contributed by atoms with van der Waals surface area (Å²) in [4.78, 5) is 7.32. The predicted molar refractivity (Wildman–Crippen MR) is 78.2 cm³/mol. The van der Waals surface area contributed by atoms with Crippen molar-refractivity contribution >= 4 is 11.3 Å². The van der Waals surface area contributed by atoms with Crippen molar-refractivity contribution in [2.75, 3.05) is 26.7 Å². The second kappa shape index (κ2) is 6.13. The first-order chi connectivity index (χ1) is 8.70. The number of aryl methyl sites for hydroxylation is 1. The molecule has 0 saturated carbocycles. The molecule has 1 aromatic rings. The fraction of sp³-hybridized carbons (Fsp3) is 0.786. The Bertz CT molecular complexity index is 377. The Hall–Kier alpha value is -0.450. The Kier molecular flexibility index (Phi) is 4.76. The van der Waals surface area contributed by atoms with E-state index >= 15 is 0 Å². The van der Waals surface area contributed by atoms with Crippen LogP contribution < -0.4 is 5.32 Å². The third kappa shape index (κ3) is 2.92. The molecule has 0 aliphatic carbocycles. The Morgan fingerprint density at radius 3 is 2.89 bits per heavy atom. The van der Waals surface area contributed by atoms with Gasteiger partial charge in [-0.2, -0.15) is 0 Å². The second-order valence-corrected chi connectivity index (χ2v) is 6.18. The zero-order valence-corrected chi connectivity index (χ0v) is 12.6. The Labute approximate surface area is 115 Å². The van der Waals surface area contributed by atoms with E-state index in [1.165, 1.54) is 50.3 Å². The van der Waals surface area contributed by atoms with Crippen LogP contribution >= 0.6 is 11.3 Å². The molecule has 1 atom stereocenters. The summed E-state index contributed by atoms with van der Waals surface area (Å²) in [6.07, 6.45) is 4.90. The molecule has 18 heavy (non-hydrogen) atoms. The molecule has 3 nitrogen and oxygen atoms in total. The normalized spacial score (nSPS) is 26.2. The summed E-state index contributed by atoms with van der Waals surface area (Å²) >= 11 is 1.81. The van der Waals surface area contributed by atoms with Crippen LogP contribution in [0.5, 0.6) is 0 Å². The first-order valence-electron chi connectivity index (χ1n) is 7.04. The van der Waals surface area contributed by atoms with Gasteiger partial charge in [0.15, 0.2) is 0 Å². The maximum absolute atomic E-state index is 4.73. The molecule has 0 amide bonds. The minimum absolute atomic E-state index is 0.113. The summed E-state index contributed by atoms with van der Waals surface area (Å²) < 4.78 is 0. The molecule has 1 aliphatic heterocycles. The van der Waals surface area contributed by atoms with Gasteiger partial charge in [-0.25, -0.2) is 4.98 Å². The fourth-order valence-corrected chi connectivity index (χ4v) is 3.94. The van der Waals surface area contributed by atoms with Gasteiger partial charge < -0.3 is 10.2 Å². The Morgan fingerprint density at radius 1 is 1.44 bits per heavy atom. The lowest BCUT2D eigenvalue weighted by molar-refractivity contribution is 0.264. The van der Waals surface area contributed by atoms with E-state index in [9.17, 15) is 0 Å². The minimum atomic E-state index is 0.113. The highest BCUT2D eigenvalue weighted by Crippen LogP contribution is 2.34. The molecule has 0 spiro atoms. The molecule has 0 radical (unpaired) electrons. The Balaban J connectivity index is 2.13. The summed E-state index contributed by atoms with van der Waals surface area (Å²) in [6, 6.07) is 0. The van der Waals surface area contributed by atoms with E-state index in [0.717, 1.165) is 5.69 Å². The fourth-order valence-electron chi connectivity index (χ4n) is 2.87. The summed E-state index contributed by atoms with van der Waals surface area (Å²) in [6.45, 7) is 8.01. The molecular weight excluding hydrogens is 242 g/mol. The highest BCUT2D eigenvalue weighted by Gasteiger charge is 2.35. The molecule has 1 N–H and O–H groups in total. The van der Waals surface area contributed by atoms with Crippen LogP contribution in [0.15, 0.2) is 5.38 Å². The maximum atomic E-state index is 4.73. The van der Waals surface area contributed by atoms with Gasteiger partial charge in [0.25, 0.3) is 0 Å². The number of likely N-dealkylation sites (tertiary alicyclic amines) is 1. The largest absolute Gasteiger partial charge is 0.308 e. The van der Waals surface area contributed by atoms with Gasteiger partial charge in [-0.1, -0.05) is 6.92 Å². The monoisotopic (exact) mass is 267 g/mol. The van der Waals surface area contributed by atoms with Gasteiger partial charge in [-0.15, -0.1) is 11.3 Å². The van der Waals surface area contributed by atoms with Gasteiger partial charge in [-0.05, 0) is 52.7 Å². The molecule has 1 fully saturated rings. The lowest BCUT2D eigenvalue weighted by Gasteiger charge is -2.30. The number of hydrogen-bond acceptors (Lipinski definition) is 4. The van der Waals surface area contributed by atoms with Crippen molar-refractivity contribution < 1.29 is 0 Å². The SMILES string of the molecule is CCCN1CCCC(NC)(c2nc(C)cs2)CC1.